The molecule has 3 aliphatic rings. The van der Waals surface area contributed by atoms with Crippen molar-refractivity contribution in [3.8, 4) is 0 Å². The van der Waals surface area contributed by atoms with Crippen LogP contribution in [0.4, 0.5) is 0 Å². The molecule has 3 aliphatic heterocycles. The summed E-state index contributed by atoms with van der Waals surface area (Å²) >= 11 is 0. The molecule has 110 valence electrons. The largest absolute Gasteiger partial charge is 0.381 e. The Labute approximate surface area is 115 Å². The van der Waals surface area contributed by atoms with Crippen LogP contribution in [0, 0.1) is 11.8 Å². The minimum atomic E-state index is -3.19. The van der Waals surface area contributed by atoms with Crippen molar-refractivity contribution in [1.29, 1.82) is 0 Å². The molecule has 0 aromatic heterocycles. The van der Waals surface area contributed by atoms with E-state index in [0.717, 1.165) is 13.1 Å². The molecule has 3 saturated heterocycles. The van der Waals surface area contributed by atoms with Crippen LogP contribution in [-0.2, 0) is 14.8 Å². The summed E-state index contributed by atoms with van der Waals surface area (Å²) in [4.78, 5) is 0. The molecule has 0 aromatic rings. The first-order chi connectivity index (χ1) is 8.94. The number of hydrogen-bond donors (Lipinski definition) is 1. The van der Waals surface area contributed by atoms with Crippen LogP contribution in [0.2, 0.25) is 0 Å². The molecule has 2 atom stereocenters. The maximum absolute atomic E-state index is 12.9. The number of nitrogens with one attached hydrogen (secondary N) is 1. The topological polar surface area (TPSA) is 58.6 Å². The molecule has 3 fully saturated rings. The number of nitrogens with zero attached hydrogens (tertiary/aromatic N) is 1. The average Bonchev–Trinajstić information content (AvgIpc) is 2.93. The molecule has 0 aliphatic carbocycles. The number of ether oxygens (including phenoxy) is 1. The summed E-state index contributed by atoms with van der Waals surface area (Å²) in [6, 6.07) is 0. The van der Waals surface area contributed by atoms with Gasteiger partial charge in [0.1, 0.15) is 0 Å². The van der Waals surface area contributed by atoms with Gasteiger partial charge >= 0.3 is 0 Å². The van der Waals surface area contributed by atoms with Gasteiger partial charge in [0, 0.05) is 31.8 Å². The second-order valence-electron chi connectivity index (χ2n) is 6.57. The van der Waals surface area contributed by atoms with E-state index in [-0.39, 0.29) is 10.8 Å². The third-order valence-corrected chi connectivity index (χ3v) is 7.73. The van der Waals surface area contributed by atoms with Gasteiger partial charge in [-0.1, -0.05) is 0 Å². The zero-order valence-corrected chi connectivity index (χ0v) is 12.6. The highest BCUT2D eigenvalue weighted by Crippen LogP contribution is 2.43. The van der Waals surface area contributed by atoms with E-state index in [1.165, 1.54) is 0 Å². The summed E-state index contributed by atoms with van der Waals surface area (Å²) in [5, 5.41) is 3.15. The van der Waals surface area contributed by atoms with E-state index in [9.17, 15) is 8.42 Å². The van der Waals surface area contributed by atoms with Gasteiger partial charge in [0.25, 0.3) is 0 Å². The van der Waals surface area contributed by atoms with Gasteiger partial charge in [-0.3, -0.25) is 0 Å². The van der Waals surface area contributed by atoms with Gasteiger partial charge in [-0.05, 0) is 45.1 Å². The summed E-state index contributed by atoms with van der Waals surface area (Å²) in [6.07, 6.45) is 1.28. The molecule has 3 rings (SSSR count). The summed E-state index contributed by atoms with van der Waals surface area (Å²) in [5.74, 6) is 0.923. The molecular formula is C13H24N2O3S. The van der Waals surface area contributed by atoms with Crippen molar-refractivity contribution >= 4 is 10.0 Å². The van der Waals surface area contributed by atoms with Crippen molar-refractivity contribution in [3.05, 3.63) is 0 Å². The van der Waals surface area contributed by atoms with Crippen LogP contribution in [-0.4, -0.2) is 56.4 Å². The molecule has 1 N–H and O–H groups in total. The first-order valence-corrected chi connectivity index (χ1v) is 8.74. The smallest absolute Gasteiger partial charge is 0.217 e. The highest BCUT2D eigenvalue weighted by atomic mass is 32.2. The van der Waals surface area contributed by atoms with Crippen LogP contribution >= 0.6 is 0 Å². The Balaban J connectivity index is 1.85. The van der Waals surface area contributed by atoms with E-state index in [0.29, 0.717) is 44.4 Å². The Kier molecular flexibility index (Phi) is 3.40. The van der Waals surface area contributed by atoms with Crippen LogP contribution in [0.5, 0.6) is 0 Å². The van der Waals surface area contributed by atoms with E-state index in [2.05, 4.69) is 19.2 Å². The predicted octanol–water partition coefficient (Wildman–Crippen LogP) is 0.425. The minimum absolute atomic E-state index is 0.243. The number of sulfonamides is 1. The Hall–Kier alpha value is -0.170. The first-order valence-electron chi connectivity index (χ1n) is 7.24. The average molecular weight is 288 g/mol. The standard InChI is InChI=1S/C13H24N2O3S/c1-13(2)12-8-14-7-10(12)9-15(13)19(16,17)11-3-5-18-6-4-11/h10-12,14H,3-9H2,1-2H3. The molecule has 0 radical (unpaired) electrons. The van der Waals surface area contributed by atoms with Gasteiger partial charge in [0.2, 0.25) is 10.0 Å². The second-order valence-corrected chi connectivity index (χ2v) is 8.70. The monoisotopic (exact) mass is 288 g/mol. The summed E-state index contributed by atoms with van der Waals surface area (Å²) < 4.78 is 32.9. The van der Waals surface area contributed by atoms with Crippen molar-refractivity contribution in [2.75, 3.05) is 32.8 Å². The Morgan fingerprint density at radius 3 is 2.53 bits per heavy atom. The van der Waals surface area contributed by atoms with Crippen LogP contribution in [0.15, 0.2) is 0 Å². The van der Waals surface area contributed by atoms with E-state index in [4.69, 9.17) is 4.74 Å². The summed E-state index contributed by atoms with van der Waals surface area (Å²) in [5.41, 5.74) is -0.259. The zero-order chi connectivity index (χ0) is 13.7. The van der Waals surface area contributed by atoms with Crippen molar-refractivity contribution in [1.82, 2.24) is 9.62 Å². The Morgan fingerprint density at radius 1 is 1.21 bits per heavy atom. The quantitative estimate of drug-likeness (QED) is 0.800. The fraction of sp³-hybridized carbons (Fsp3) is 1.00. The molecule has 0 spiro atoms. The van der Waals surface area contributed by atoms with E-state index >= 15 is 0 Å². The Morgan fingerprint density at radius 2 is 1.89 bits per heavy atom. The van der Waals surface area contributed by atoms with Gasteiger partial charge in [-0.2, -0.15) is 4.31 Å². The second kappa shape index (κ2) is 4.69. The minimum Gasteiger partial charge on any atom is -0.381 e. The van der Waals surface area contributed by atoms with E-state index in [1.807, 2.05) is 0 Å². The highest BCUT2D eigenvalue weighted by molar-refractivity contribution is 7.89. The van der Waals surface area contributed by atoms with Gasteiger partial charge in [-0.15, -0.1) is 0 Å². The molecule has 3 heterocycles. The molecule has 6 heteroatoms. The lowest BCUT2D eigenvalue weighted by atomic mass is 9.85. The molecule has 0 saturated carbocycles. The number of rotatable bonds is 2. The van der Waals surface area contributed by atoms with Crippen molar-refractivity contribution in [3.63, 3.8) is 0 Å². The molecule has 0 amide bonds. The lowest BCUT2D eigenvalue weighted by Gasteiger charge is -2.37. The van der Waals surface area contributed by atoms with Crippen molar-refractivity contribution in [2.45, 2.75) is 37.5 Å². The zero-order valence-electron chi connectivity index (χ0n) is 11.8. The summed E-state index contributed by atoms with van der Waals surface area (Å²) in [7, 11) is -3.19. The van der Waals surface area contributed by atoms with Gasteiger partial charge in [-0.25, -0.2) is 8.42 Å². The molecule has 0 bridgehead atoms. The maximum Gasteiger partial charge on any atom is 0.217 e. The van der Waals surface area contributed by atoms with Gasteiger partial charge in [0.05, 0.1) is 5.25 Å². The van der Waals surface area contributed by atoms with Crippen LogP contribution in [0.3, 0.4) is 0 Å². The predicted molar refractivity (Wildman–Crippen MR) is 73.4 cm³/mol. The molecule has 19 heavy (non-hydrogen) atoms. The van der Waals surface area contributed by atoms with Crippen molar-refractivity contribution < 1.29 is 13.2 Å². The molecule has 0 aromatic carbocycles. The lowest BCUT2D eigenvalue weighted by Crippen LogP contribution is -2.51. The molecular weight excluding hydrogens is 264 g/mol. The van der Waals surface area contributed by atoms with Crippen LogP contribution < -0.4 is 5.32 Å². The Bertz CT molecular complexity index is 443. The van der Waals surface area contributed by atoms with Crippen LogP contribution in [0.25, 0.3) is 0 Å². The van der Waals surface area contributed by atoms with Gasteiger partial charge < -0.3 is 10.1 Å². The van der Waals surface area contributed by atoms with E-state index in [1.54, 1.807) is 4.31 Å². The highest BCUT2D eigenvalue weighted by Gasteiger charge is 2.55. The fourth-order valence-corrected chi connectivity index (χ4v) is 6.31. The summed E-state index contributed by atoms with van der Waals surface area (Å²) in [6.45, 7) is 7.90. The first kappa shape index (κ1) is 13.8. The third-order valence-electron chi connectivity index (χ3n) is 5.19. The fourth-order valence-electron chi connectivity index (χ4n) is 3.97. The third kappa shape index (κ3) is 2.13. The van der Waals surface area contributed by atoms with Gasteiger partial charge in [0.15, 0.2) is 0 Å². The van der Waals surface area contributed by atoms with E-state index < -0.39 is 10.0 Å². The maximum atomic E-state index is 12.9. The van der Waals surface area contributed by atoms with Crippen LogP contribution in [0.1, 0.15) is 26.7 Å². The van der Waals surface area contributed by atoms with Crippen molar-refractivity contribution in [2.24, 2.45) is 11.8 Å². The number of hydrogen-bond acceptors (Lipinski definition) is 4. The molecule has 2 unspecified atom stereocenters. The number of fused-ring (bicyclic) bond motifs is 1. The normalized spacial score (nSPS) is 36.5. The lowest BCUT2D eigenvalue weighted by molar-refractivity contribution is 0.0961. The SMILES string of the molecule is CC1(C)C2CNCC2CN1S(=O)(=O)C1CCOCC1. The molecule has 5 nitrogen and oxygen atoms in total.